The fourth-order valence-corrected chi connectivity index (χ4v) is 3.69. The van der Waals surface area contributed by atoms with Crippen LogP contribution in [0.1, 0.15) is 26.3 Å². The number of benzene rings is 2. The van der Waals surface area contributed by atoms with Crippen molar-refractivity contribution in [2.24, 2.45) is 0 Å². The zero-order valence-electron chi connectivity index (χ0n) is 14.2. The molecule has 0 bridgehead atoms. The van der Waals surface area contributed by atoms with Crippen molar-refractivity contribution in [2.75, 3.05) is 0 Å². The van der Waals surface area contributed by atoms with E-state index in [9.17, 15) is 0 Å². The van der Waals surface area contributed by atoms with Gasteiger partial charge in [0.05, 0.1) is 0 Å². The number of hydrogen-bond acceptors (Lipinski definition) is 4. The molecule has 2 heterocycles. The summed E-state index contributed by atoms with van der Waals surface area (Å²) in [6, 6.07) is 16.1. The van der Waals surface area contributed by atoms with E-state index in [2.05, 4.69) is 55.2 Å². The molecule has 0 radical (unpaired) electrons. The van der Waals surface area contributed by atoms with Crippen LogP contribution in [-0.2, 0) is 5.41 Å². The maximum Gasteiger partial charge on any atom is 0.235 e. The molecule has 0 aliphatic rings. The normalized spacial score (nSPS) is 12.0. The van der Waals surface area contributed by atoms with Crippen molar-refractivity contribution < 1.29 is 0 Å². The van der Waals surface area contributed by atoms with Crippen molar-refractivity contribution in [3.63, 3.8) is 0 Å². The number of halogens is 1. The minimum Gasteiger partial charge on any atom is -0.182 e. The fourth-order valence-electron chi connectivity index (χ4n) is 2.65. The highest BCUT2D eigenvalue weighted by molar-refractivity contribution is 7.19. The van der Waals surface area contributed by atoms with Crippen molar-refractivity contribution in [3.05, 3.63) is 59.1 Å². The molecule has 0 amide bonds. The minimum atomic E-state index is 0.139. The lowest BCUT2D eigenvalue weighted by Crippen LogP contribution is -2.10. The van der Waals surface area contributed by atoms with Crippen molar-refractivity contribution >= 4 is 27.9 Å². The monoisotopic (exact) mass is 368 g/mol. The van der Waals surface area contributed by atoms with E-state index in [1.807, 2.05) is 24.3 Å². The standard InChI is InChI=1S/C19H17ClN4S/c1-19(2,3)14-9-7-12(8-10-14)17-23-24-16(21-22-18(24)25-17)13-5-4-6-15(20)11-13/h4-11H,1-3H3. The van der Waals surface area contributed by atoms with Gasteiger partial charge in [0.1, 0.15) is 5.01 Å². The Balaban J connectivity index is 1.75. The molecule has 6 heteroatoms. The molecule has 0 saturated carbocycles. The van der Waals surface area contributed by atoms with Crippen LogP contribution in [0.5, 0.6) is 0 Å². The zero-order chi connectivity index (χ0) is 17.6. The first-order valence-corrected chi connectivity index (χ1v) is 9.20. The first-order valence-electron chi connectivity index (χ1n) is 8.01. The Labute approximate surface area is 155 Å². The SMILES string of the molecule is CC(C)(C)c1ccc(-c2nn3c(-c4cccc(Cl)c4)nnc3s2)cc1. The van der Waals surface area contributed by atoms with E-state index in [4.69, 9.17) is 16.7 Å². The summed E-state index contributed by atoms with van der Waals surface area (Å²) in [5.74, 6) is 0.700. The van der Waals surface area contributed by atoms with Gasteiger partial charge in [0, 0.05) is 16.1 Å². The molecule has 126 valence electrons. The van der Waals surface area contributed by atoms with Crippen molar-refractivity contribution in [2.45, 2.75) is 26.2 Å². The number of fused-ring (bicyclic) bond motifs is 1. The van der Waals surface area contributed by atoms with Crippen molar-refractivity contribution in [1.82, 2.24) is 19.8 Å². The summed E-state index contributed by atoms with van der Waals surface area (Å²) >= 11 is 7.62. The van der Waals surface area contributed by atoms with Crippen LogP contribution in [0.4, 0.5) is 0 Å². The first kappa shape index (κ1) is 16.2. The first-order chi connectivity index (χ1) is 11.9. The van der Waals surface area contributed by atoms with Crippen LogP contribution in [-0.4, -0.2) is 19.8 Å². The Hall–Kier alpha value is -2.24. The van der Waals surface area contributed by atoms with Crippen LogP contribution >= 0.6 is 22.9 Å². The molecule has 0 atom stereocenters. The van der Waals surface area contributed by atoms with E-state index < -0.39 is 0 Å². The molecule has 4 aromatic rings. The molecule has 4 nitrogen and oxygen atoms in total. The number of nitrogens with zero attached hydrogens (tertiary/aromatic N) is 4. The van der Waals surface area contributed by atoms with Crippen LogP contribution in [0.25, 0.3) is 26.9 Å². The Morgan fingerprint density at radius 2 is 1.72 bits per heavy atom. The van der Waals surface area contributed by atoms with E-state index in [0.29, 0.717) is 10.8 Å². The Morgan fingerprint density at radius 3 is 2.40 bits per heavy atom. The molecule has 25 heavy (non-hydrogen) atoms. The lowest BCUT2D eigenvalue weighted by atomic mass is 9.87. The Kier molecular flexibility index (Phi) is 3.85. The van der Waals surface area contributed by atoms with Crippen LogP contribution < -0.4 is 0 Å². The number of aromatic nitrogens is 4. The predicted molar refractivity (Wildman–Crippen MR) is 103 cm³/mol. The second-order valence-electron chi connectivity index (χ2n) is 6.96. The van der Waals surface area contributed by atoms with E-state index in [1.165, 1.54) is 16.9 Å². The topological polar surface area (TPSA) is 43.1 Å². The molecule has 2 aromatic carbocycles. The maximum absolute atomic E-state index is 6.09. The van der Waals surface area contributed by atoms with Gasteiger partial charge >= 0.3 is 0 Å². The molecule has 4 rings (SSSR count). The molecule has 2 aromatic heterocycles. The average molecular weight is 369 g/mol. The third-order valence-electron chi connectivity index (χ3n) is 4.07. The van der Waals surface area contributed by atoms with Gasteiger partial charge < -0.3 is 0 Å². The Morgan fingerprint density at radius 1 is 0.960 bits per heavy atom. The summed E-state index contributed by atoms with van der Waals surface area (Å²) in [6.45, 7) is 6.63. The second-order valence-corrected chi connectivity index (χ2v) is 8.36. The van der Waals surface area contributed by atoms with Gasteiger partial charge in [-0.15, -0.1) is 10.2 Å². The third-order valence-corrected chi connectivity index (χ3v) is 5.25. The molecular formula is C19H17ClN4S. The zero-order valence-corrected chi connectivity index (χ0v) is 15.8. The van der Waals surface area contributed by atoms with E-state index in [-0.39, 0.29) is 5.41 Å². The molecular weight excluding hydrogens is 352 g/mol. The van der Waals surface area contributed by atoms with Gasteiger partial charge in [-0.2, -0.15) is 9.61 Å². The van der Waals surface area contributed by atoms with E-state index in [1.54, 1.807) is 4.52 Å². The van der Waals surface area contributed by atoms with Crippen LogP contribution in [0.2, 0.25) is 5.02 Å². The van der Waals surface area contributed by atoms with Gasteiger partial charge in [0.15, 0.2) is 5.82 Å². The largest absolute Gasteiger partial charge is 0.235 e. The van der Waals surface area contributed by atoms with Gasteiger partial charge in [-0.25, -0.2) is 0 Å². The predicted octanol–water partition coefficient (Wildman–Crippen LogP) is 5.47. The summed E-state index contributed by atoms with van der Waals surface area (Å²) in [4.78, 5) is 0.768. The van der Waals surface area contributed by atoms with Gasteiger partial charge in [-0.05, 0) is 23.1 Å². The maximum atomic E-state index is 6.09. The summed E-state index contributed by atoms with van der Waals surface area (Å²) in [5.41, 5.74) is 3.43. The summed E-state index contributed by atoms with van der Waals surface area (Å²) in [5, 5.41) is 14.8. The number of hydrogen-bond donors (Lipinski definition) is 0. The van der Waals surface area contributed by atoms with Crippen LogP contribution in [0.15, 0.2) is 48.5 Å². The molecule has 0 unspecified atom stereocenters. The molecule has 0 fully saturated rings. The molecule has 0 aliphatic heterocycles. The molecule has 0 spiro atoms. The lowest BCUT2D eigenvalue weighted by molar-refractivity contribution is 0.590. The van der Waals surface area contributed by atoms with Crippen molar-refractivity contribution in [3.8, 4) is 22.0 Å². The van der Waals surface area contributed by atoms with E-state index >= 15 is 0 Å². The van der Waals surface area contributed by atoms with Gasteiger partial charge in [-0.3, -0.25) is 0 Å². The van der Waals surface area contributed by atoms with Gasteiger partial charge in [0.2, 0.25) is 4.96 Å². The number of rotatable bonds is 2. The molecule has 0 aliphatic carbocycles. The molecule has 0 N–H and O–H groups in total. The van der Waals surface area contributed by atoms with Crippen LogP contribution in [0.3, 0.4) is 0 Å². The second kappa shape index (κ2) is 5.93. The third kappa shape index (κ3) is 3.05. The summed E-state index contributed by atoms with van der Waals surface area (Å²) in [7, 11) is 0. The van der Waals surface area contributed by atoms with Gasteiger partial charge in [0.25, 0.3) is 0 Å². The summed E-state index contributed by atoms with van der Waals surface area (Å²) < 4.78 is 1.78. The van der Waals surface area contributed by atoms with Gasteiger partial charge in [-0.1, -0.05) is 80.1 Å². The highest BCUT2D eigenvalue weighted by Gasteiger charge is 2.16. The average Bonchev–Trinajstić information content (AvgIpc) is 3.14. The quantitative estimate of drug-likeness (QED) is 0.471. The highest BCUT2D eigenvalue weighted by Crippen LogP contribution is 2.30. The van der Waals surface area contributed by atoms with Crippen LogP contribution in [0, 0.1) is 0 Å². The fraction of sp³-hybridized carbons (Fsp3) is 0.211. The molecule has 0 saturated heterocycles. The Bertz CT molecular complexity index is 1040. The lowest BCUT2D eigenvalue weighted by Gasteiger charge is -2.18. The summed E-state index contributed by atoms with van der Waals surface area (Å²) in [6.07, 6.45) is 0. The highest BCUT2D eigenvalue weighted by atomic mass is 35.5. The van der Waals surface area contributed by atoms with Crippen molar-refractivity contribution in [1.29, 1.82) is 0 Å². The van der Waals surface area contributed by atoms with E-state index in [0.717, 1.165) is 21.1 Å². The minimum absolute atomic E-state index is 0.139. The smallest absolute Gasteiger partial charge is 0.182 e.